The number of carbonyl (C=O) groups excluding carboxylic acids is 1. The van der Waals surface area contributed by atoms with Crippen molar-refractivity contribution in [3.63, 3.8) is 0 Å². The third kappa shape index (κ3) is 4.72. The van der Waals surface area contributed by atoms with E-state index in [1.54, 1.807) is 24.3 Å². The third-order valence-corrected chi connectivity index (χ3v) is 4.40. The number of rotatable bonds is 2. The second-order valence-electron chi connectivity index (χ2n) is 6.33. The van der Waals surface area contributed by atoms with Gasteiger partial charge in [0.25, 0.3) is 0 Å². The fourth-order valence-electron chi connectivity index (χ4n) is 3.04. The van der Waals surface area contributed by atoms with Gasteiger partial charge in [0.15, 0.2) is 5.78 Å². The van der Waals surface area contributed by atoms with Gasteiger partial charge in [-0.25, -0.2) is 8.78 Å². The van der Waals surface area contributed by atoms with Gasteiger partial charge in [-0.3, -0.25) is 4.79 Å². The predicted molar refractivity (Wildman–Crippen MR) is 96.8 cm³/mol. The highest BCUT2D eigenvalue weighted by Gasteiger charge is 2.17. The second kappa shape index (κ2) is 8.02. The zero-order valence-corrected chi connectivity index (χ0v) is 14.0. The van der Waals surface area contributed by atoms with Gasteiger partial charge in [0.05, 0.1) is 0 Å². The average molecular weight is 338 g/mol. The number of carbonyl (C=O) groups is 1. The monoisotopic (exact) mass is 338 g/mol. The molecule has 0 spiro atoms. The summed E-state index contributed by atoms with van der Waals surface area (Å²) in [6, 6.07) is 12.3. The first kappa shape index (κ1) is 17.3. The molecule has 0 unspecified atom stereocenters. The van der Waals surface area contributed by atoms with E-state index in [1.807, 2.05) is 12.2 Å². The van der Waals surface area contributed by atoms with Crippen LogP contribution in [0.2, 0.25) is 0 Å². The maximum absolute atomic E-state index is 13.1. The van der Waals surface area contributed by atoms with Crippen molar-refractivity contribution in [3.05, 3.63) is 82.4 Å². The van der Waals surface area contributed by atoms with Gasteiger partial charge in [-0.05, 0) is 73.2 Å². The van der Waals surface area contributed by atoms with Crippen LogP contribution in [0.25, 0.3) is 12.2 Å². The molecule has 1 fully saturated rings. The predicted octanol–water partition coefficient (Wildman–Crippen LogP) is 5.97. The van der Waals surface area contributed by atoms with Gasteiger partial charge in [0, 0.05) is 11.1 Å². The summed E-state index contributed by atoms with van der Waals surface area (Å²) < 4.78 is 26.1. The molecule has 0 atom stereocenters. The van der Waals surface area contributed by atoms with Crippen molar-refractivity contribution in [2.75, 3.05) is 0 Å². The molecule has 3 heteroatoms. The molecule has 25 heavy (non-hydrogen) atoms. The molecule has 0 saturated heterocycles. The molecule has 2 aromatic rings. The highest BCUT2D eigenvalue weighted by Crippen LogP contribution is 2.26. The van der Waals surface area contributed by atoms with E-state index in [0.717, 1.165) is 54.4 Å². The van der Waals surface area contributed by atoms with Crippen molar-refractivity contribution < 1.29 is 13.6 Å². The second-order valence-corrected chi connectivity index (χ2v) is 6.33. The van der Waals surface area contributed by atoms with Gasteiger partial charge in [0.1, 0.15) is 11.6 Å². The fraction of sp³-hybridized carbons (Fsp3) is 0.227. The molecule has 1 saturated carbocycles. The van der Waals surface area contributed by atoms with Crippen LogP contribution in [0.5, 0.6) is 0 Å². The Hall–Kier alpha value is -2.55. The molecule has 1 aliphatic rings. The smallest absolute Gasteiger partial charge is 0.185 e. The molecule has 0 amide bonds. The summed E-state index contributed by atoms with van der Waals surface area (Å²) in [6.07, 6.45) is 8.16. The largest absolute Gasteiger partial charge is 0.289 e. The molecule has 0 aromatic heterocycles. The summed E-state index contributed by atoms with van der Waals surface area (Å²) in [6.45, 7) is 0. The first-order chi connectivity index (χ1) is 12.1. The number of hydrogen-bond acceptors (Lipinski definition) is 1. The minimum atomic E-state index is -0.289. The summed E-state index contributed by atoms with van der Waals surface area (Å²) in [7, 11) is 0. The number of halogens is 2. The van der Waals surface area contributed by atoms with E-state index in [4.69, 9.17) is 0 Å². The number of benzene rings is 2. The van der Waals surface area contributed by atoms with Crippen LogP contribution in [-0.2, 0) is 4.79 Å². The number of Topliss-reactive ketones (excluding diaryl/α,β-unsaturated/α-hetero) is 1. The summed E-state index contributed by atoms with van der Waals surface area (Å²) >= 11 is 0. The molecule has 0 N–H and O–H groups in total. The zero-order valence-electron chi connectivity index (χ0n) is 14.0. The number of hydrogen-bond donors (Lipinski definition) is 0. The molecular formula is C22H20F2O. The van der Waals surface area contributed by atoms with Crippen LogP contribution in [-0.4, -0.2) is 5.78 Å². The van der Waals surface area contributed by atoms with E-state index in [2.05, 4.69) is 0 Å². The van der Waals surface area contributed by atoms with Crippen molar-refractivity contribution in [2.24, 2.45) is 0 Å². The molecule has 0 heterocycles. The zero-order chi connectivity index (χ0) is 17.6. The Morgan fingerprint density at radius 3 is 1.44 bits per heavy atom. The average Bonchev–Trinajstić information content (AvgIpc) is 2.61. The van der Waals surface area contributed by atoms with Crippen molar-refractivity contribution >= 4 is 17.9 Å². The van der Waals surface area contributed by atoms with Crippen molar-refractivity contribution in [2.45, 2.75) is 32.1 Å². The summed E-state index contributed by atoms with van der Waals surface area (Å²) in [5, 5.41) is 0. The van der Waals surface area contributed by atoms with Crippen LogP contribution in [0.4, 0.5) is 8.78 Å². The third-order valence-electron chi connectivity index (χ3n) is 4.40. The minimum Gasteiger partial charge on any atom is -0.289 e. The van der Waals surface area contributed by atoms with Gasteiger partial charge >= 0.3 is 0 Å². The molecule has 128 valence electrons. The lowest BCUT2D eigenvalue weighted by atomic mass is 9.89. The maximum Gasteiger partial charge on any atom is 0.185 e. The van der Waals surface area contributed by atoms with E-state index < -0.39 is 0 Å². The van der Waals surface area contributed by atoms with Gasteiger partial charge in [-0.15, -0.1) is 0 Å². The Labute approximate surface area is 146 Å². The minimum absolute atomic E-state index is 0.0355. The Balaban J connectivity index is 1.91. The lowest BCUT2D eigenvalue weighted by molar-refractivity contribution is -0.112. The summed E-state index contributed by atoms with van der Waals surface area (Å²) in [5.74, 6) is -0.542. The summed E-state index contributed by atoms with van der Waals surface area (Å²) in [4.78, 5) is 13.0. The Bertz CT molecular complexity index is 731. The quantitative estimate of drug-likeness (QED) is 0.617. The van der Waals surface area contributed by atoms with Crippen LogP contribution >= 0.6 is 0 Å². The number of ketones is 1. The van der Waals surface area contributed by atoms with E-state index in [0.29, 0.717) is 0 Å². The fourth-order valence-corrected chi connectivity index (χ4v) is 3.04. The van der Waals surface area contributed by atoms with E-state index in [-0.39, 0.29) is 17.4 Å². The van der Waals surface area contributed by atoms with E-state index in [9.17, 15) is 13.6 Å². The molecular weight excluding hydrogens is 318 g/mol. The van der Waals surface area contributed by atoms with Gasteiger partial charge in [-0.1, -0.05) is 30.7 Å². The van der Waals surface area contributed by atoms with Crippen LogP contribution in [0, 0.1) is 11.6 Å². The lowest BCUT2D eigenvalue weighted by Gasteiger charge is -2.15. The van der Waals surface area contributed by atoms with Gasteiger partial charge in [-0.2, -0.15) is 0 Å². The standard InChI is InChI=1S/C22H20F2O/c23-20-10-6-16(7-11-20)14-18-4-2-1-3-5-19(22(18)25)15-17-8-12-21(24)13-9-17/h6-15H,1-5H2/b18-14-,19-15+. The summed E-state index contributed by atoms with van der Waals surface area (Å²) in [5.41, 5.74) is 3.15. The lowest BCUT2D eigenvalue weighted by Crippen LogP contribution is -2.09. The van der Waals surface area contributed by atoms with E-state index >= 15 is 0 Å². The molecule has 1 aliphatic carbocycles. The molecule has 3 rings (SSSR count). The Kier molecular flexibility index (Phi) is 5.54. The highest BCUT2D eigenvalue weighted by atomic mass is 19.1. The SMILES string of the molecule is O=C1/C(=C\c2ccc(F)cc2)CCCCC/C1=C\c1ccc(F)cc1. The van der Waals surface area contributed by atoms with Crippen LogP contribution < -0.4 is 0 Å². The Morgan fingerprint density at radius 2 is 1.04 bits per heavy atom. The number of allylic oxidation sites excluding steroid dienone is 2. The van der Waals surface area contributed by atoms with E-state index in [1.165, 1.54) is 24.3 Å². The molecule has 0 radical (unpaired) electrons. The van der Waals surface area contributed by atoms with Crippen LogP contribution in [0.3, 0.4) is 0 Å². The maximum atomic E-state index is 13.1. The van der Waals surface area contributed by atoms with Gasteiger partial charge < -0.3 is 0 Å². The molecule has 0 bridgehead atoms. The van der Waals surface area contributed by atoms with Crippen LogP contribution in [0.1, 0.15) is 43.2 Å². The van der Waals surface area contributed by atoms with Crippen molar-refractivity contribution in [1.29, 1.82) is 0 Å². The first-order valence-corrected chi connectivity index (χ1v) is 8.59. The molecule has 1 nitrogen and oxygen atoms in total. The molecule has 2 aromatic carbocycles. The first-order valence-electron chi connectivity index (χ1n) is 8.59. The Morgan fingerprint density at radius 1 is 0.640 bits per heavy atom. The van der Waals surface area contributed by atoms with Gasteiger partial charge in [0.2, 0.25) is 0 Å². The topological polar surface area (TPSA) is 17.1 Å². The van der Waals surface area contributed by atoms with Crippen molar-refractivity contribution in [1.82, 2.24) is 0 Å². The normalized spacial score (nSPS) is 19.0. The highest BCUT2D eigenvalue weighted by molar-refractivity contribution is 6.13. The molecule has 0 aliphatic heterocycles. The van der Waals surface area contributed by atoms with Crippen molar-refractivity contribution in [3.8, 4) is 0 Å². The van der Waals surface area contributed by atoms with Crippen LogP contribution in [0.15, 0.2) is 59.7 Å².